The van der Waals surface area contributed by atoms with E-state index >= 15 is 0 Å². The Morgan fingerprint density at radius 2 is 1.81 bits per heavy atom. The topological polar surface area (TPSA) is 15.7 Å². The van der Waals surface area contributed by atoms with Crippen LogP contribution in [-0.4, -0.2) is 52.3 Å². The van der Waals surface area contributed by atoms with Gasteiger partial charge in [0, 0.05) is 32.4 Å². The average molecular weight is 221 g/mol. The summed E-state index contributed by atoms with van der Waals surface area (Å²) in [5, 5.41) is 0. The summed E-state index contributed by atoms with van der Waals surface area (Å²) in [6, 6.07) is 11.1. The van der Waals surface area contributed by atoms with Crippen molar-refractivity contribution in [2.75, 3.05) is 52.3 Å². The molecule has 0 aliphatic heterocycles. The Morgan fingerprint density at radius 3 is 2.38 bits per heavy atom. The molecule has 0 unspecified atom stereocenters. The van der Waals surface area contributed by atoms with Gasteiger partial charge < -0.3 is 14.5 Å². The molecule has 0 atom stereocenters. The van der Waals surface area contributed by atoms with Crippen LogP contribution in [-0.2, 0) is 4.74 Å². The molecule has 0 amide bonds. The molecule has 0 saturated heterocycles. The van der Waals surface area contributed by atoms with Gasteiger partial charge in [-0.1, -0.05) is 12.1 Å². The number of methoxy groups -OCH3 is 1. The fourth-order valence-corrected chi connectivity index (χ4v) is 1.48. The Labute approximate surface area is 98.6 Å². The lowest BCUT2D eigenvalue weighted by atomic mass is 10.3. The zero-order valence-electron chi connectivity index (χ0n) is 10.4. The summed E-state index contributed by atoms with van der Waals surface area (Å²) < 4.78 is 5.14. The molecule has 0 fully saturated rings. The van der Waals surface area contributed by atoms with E-state index in [9.17, 15) is 0 Å². The third-order valence-electron chi connectivity index (χ3n) is 2.45. The first-order valence-electron chi connectivity index (χ1n) is 5.59. The van der Waals surface area contributed by atoms with Crippen molar-refractivity contribution in [1.82, 2.24) is 4.90 Å². The van der Waals surface area contributed by atoms with Crippen molar-refractivity contribution in [2.24, 2.45) is 0 Å². The van der Waals surface area contributed by atoms with E-state index in [1.54, 1.807) is 7.11 Å². The van der Waals surface area contributed by atoms with Gasteiger partial charge in [-0.05, 0) is 32.3 Å². The molecule has 16 heavy (non-hydrogen) atoms. The van der Waals surface area contributed by atoms with Gasteiger partial charge in [0.2, 0.25) is 0 Å². The van der Waals surface area contributed by atoms with E-state index in [1.807, 2.05) is 12.1 Å². The van der Waals surface area contributed by atoms with E-state index in [4.69, 9.17) is 4.74 Å². The molecular formula is C13H21N2O. The lowest BCUT2D eigenvalue weighted by Gasteiger charge is -2.26. The molecule has 3 nitrogen and oxygen atoms in total. The smallest absolute Gasteiger partial charge is 0.0637 e. The monoisotopic (exact) mass is 221 g/mol. The molecule has 89 valence electrons. The van der Waals surface area contributed by atoms with Crippen LogP contribution in [0.25, 0.3) is 0 Å². The SMILES string of the molecule is COCCN(CCN(C)C)c1cc[c]cc1. The lowest BCUT2D eigenvalue weighted by molar-refractivity contribution is 0.204. The molecule has 0 aromatic heterocycles. The second-order valence-corrected chi connectivity index (χ2v) is 4.04. The zero-order valence-corrected chi connectivity index (χ0v) is 10.4. The molecule has 1 aromatic rings. The highest BCUT2D eigenvalue weighted by molar-refractivity contribution is 5.45. The first kappa shape index (κ1) is 13.0. The molecule has 1 aromatic carbocycles. The van der Waals surface area contributed by atoms with Gasteiger partial charge >= 0.3 is 0 Å². The summed E-state index contributed by atoms with van der Waals surface area (Å²) >= 11 is 0. The summed E-state index contributed by atoms with van der Waals surface area (Å²) in [6.07, 6.45) is 0. The first-order valence-corrected chi connectivity index (χ1v) is 5.59. The third-order valence-corrected chi connectivity index (χ3v) is 2.45. The van der Waals surface area contributed by atoms with Crippen LogP contribution < -0.4 is 4.90 Å². The highest BCUT2D eigenvalue weighted by Crippen LogP contribution is 2.12. The van der Waals surface area contributed by atoms with Crippen LogP contribution >= 0.6 is 0 Å². The largest absolute Gasteiger partial charge is 0.383 e. The minimum Gasteiger partial charge on any atom is -0.383 e. The van der Waals surface area contributed by atoms with Crippen molar-refractivity contribution in [2.45, 2.75) is 0 Å². The second kappa shape index (κ2) is 7.25. The van der Waals surface area contributed by atoms with Crippen LogP contribution in [0, 0.1) is 6.07 Å². The van der Waals surface area contributed by atoms with Gasteiger partial charge in [-0.3, -0.25) is 0 Å². The minimum absolute atomic E-state index is 0.756. The van der Waals surface area contributed by atoms with Crippen LogP contribution in [0.1, 0.15) is 0 Å². The molecule has 0 aliphatic rings. The number of nitrogens with zero attached hydrogens (tertiary/aromatic N) is 2. The number of rotatable bonds is 7. The zero-order chi connectivity index (χ0) is 11.8. The number of likely N-dealkylation sites (N-methyl/N-ethyl adjacent to an activating group) is 1. The van der Waals surface area contributed by atoms with E-state index in [2.05, 4.69) is 42.1 Å². The fraction of sp³-hybridized carbons (Fsp3) is 0.538. The quantitative estimate of drug-likeness (QED) is 0.694. The second-order valence-electron chi connectivity index (χ2n) is 4.04. The van der Waals surface area contributed by atoms with E-state index in [0.717, 1.165) is 26.2 Å². The molecule has 0 saturated carbocycles. The summed E-state index contributed by atoms with van der Waals surface area (Å²) in [4.78, 5) is 4.52. The molecule has 0 spiro atoms. The van der Waals surface area contributed by atoms with Crippen LogP contribution in [0.4, 0.5) is 5.69 Å². The molecule has 3 heteroatoms. The van der Waals surface area contributed by atoms with Gasteiger partial charge in [0.1, 0.15) is 0 Å². The average Bonchev–Trinajstić information content (AvgIpc) is 2.30. The van der Waals surface area contributed by atoms with Crippen molar-refractivity contribution in [1.29, 1.82) is 0 Å². The maximum absolute atomic E-state index is 5.14. The highest BCUT2D eigenvalue weighted by atomic mass is 16.5. The predicted octanol–water partition coefficient (Wildman–Crippen LogP) is 1.50. The van der Waals surface area contributed by atoms with Gasteiger partial charge in [-0.15, -0.1) is 0 Å². The predicted molar refractivity (Wildman–Crippen MR) is 67.9 cm³/mol. The number of ether oxygens (including phenoxy) is 1. The Hall–Kier alpha value is -1.06. The maximum Gasteiger partial charge on any atom is 0.0637 e. The molecular weight excluding hydrogens is 200 g/mol. The van der Waals surface area contributed by atoms with Gasteiger partial charge in [0.15, 0.2) is 0 Å². The van der Waals surface area contributed by atoms with Crippen LogP contribution in [0.2, 0.25) is 0 Å². The van der Waals surface area contributed by atoms with Crippen molar-refractivity contribution in [3.63, 3.8) is 0 Å². The first-order chi connectivity index (χ1) is 7.74. The van der Waals surface area contributed by atoms with Crippen LogP contribution in [0.5, 0.6) is 0 Å². The fourth-order valence-electron chi connectivity index (χ4n) is 1.48. The number of hydrogen-bond donors (Lipinski definition) is 0. The Balaban J connectivity index is 2.56. The Bertz CT molecular complexity index is 275. The summed E-state index contributed by atoms with van der Waals surface area (Å²) in [5.74, 6) is 0. The number of anilines is 1. The van der Waals surface area contributed by atoms with E-state index < -0.39 is 0 Å². The van der Waals surface area contributed by atoms with Crippen LogP contribution in [0.15, 0.2) is 24.3 Å². The lowest BCUT2D eigenvalue weighted by Crippen LogP contribution is -2.34. The summed E-state index contributed by atoms with van der Waals surface area (Å²) in [5.41, 5.74) is 1.23. The van der Waals surface area contributed by atoms with Gasteiger partial charge in [-0.2, -0.15) is 0 Å². The summed E-state index contributed by atoms with van der Waals surface area (Å²) in [6.45, 7) is 3.74. The minimum atomic E-state index is 0.756. The number of hydrogen-bond acceptors (Lipinski definition) is 3. The van der Waals surface area contributed by atoms with E-state index in [1.165, 1.54) is 5.69 Å². The van der Waals surface area contributed by atoms with Crippen molar-refractivity contribution < 1.29 is 4.74 Å². The van der Waals surface area contributed by atoms with Crippen LogP contribution in [0.3, 0.4) is 0 Å². The maximum atomic E-state index is 5.14. The Morgan fingerprint density at radius 1 is 1.12 bits per heavy atom. The standard InChI is InChI=1S/C13H21N2O/c1-14(2)9-10-15(11-12-16-3)13-7-5-4-6-8-13/h5-8H,9-12H2,1-3H3. The van der Waals surface area contributed by atoms with Gasteiger partial charge in [0.25, 0.3) is 0 Å². The van der Waals surface area contributed by atoms with Crippen molar-refractivity contribution in [3.8, 4) is 0 Å². The molecule has 1 radical (unpaired) electrons. The normalized spacial score (nSPS) is 10.8. The van der Waals surface area contributed by atoms with E-state index in [-0.39, 0.29) is 0 Å². The summed E-state index contributed by atoms with van der Waals surface area (Å²) in [7, 11) is 5.92. The Kier molecular flexibility index (Phi) is 5.90. The van der Waals surface area contributed by atoms with Gasteiger partial charge in [-0.25, -0.2) is 0 Å². The molecule has 1 rings (SSSR count). The molecule has 0 heterocycles. The van der Waals surface area contributed by atoms with Crippen molar-refractivity contribution in [3.05, 3.63) is 30.3 Å². The van der Waals surface area contributed by atoms with Crippen molar-refractivity contribution >= 4 is 5.69 Å². The van der Waals surface area contributed by atoms with E-state index in [0.29, 0.717) is 0 Å². The molecule has 0 N–H and O–H groups in total. The number of benzene rings is 1. The highest BCUT2D eigenvalue weighted by Gasteiger charge is 2.05. The third kappa shape index (κ3) is 4.64. The van der Waals surface area contributed by atoms with Gasteiger partial charge in [0.05, 0.1) is 6.61 Å². The molecule has 0 aliphatic carbocycles. The molecule has 0 bridgehead atoms.